The zero-order valence-electron chi connectivity index (χ0n) is 13.4. The molecule has 0 saturated carbocycles. The van der Waals surface area contributed by atoms with Gasteiger partial charge in [0.1, 0.15) is 0 Å². The first-order valence-corrected chi connectivity index (χ1v) is 7.42. The van der Waals surface area contributed by atoms with Gasteiger partial charge in [0.05, 0.1) is 6.61 Å². The molecular weight excluding hydrogens is 287 g/mol. The molecule has 0 aromatic heterocycles. The predicted molar refractivity (Wildman–Crippen MR) is 83.3 cm³/mol. The van der Waals surface area contributed by atoms with Crippen LogP contribution in [0.1, 0.15) is 32.8 Å². The molecule has 3 N–H and O–H groups in total. The average Bonchev–Trinajstić information content (AvgIpc) is 2.46. The lowest BCUT2D eigenvalue weighted by Gasteiger charge is -2.23. The van der Waals surface area contributed by atoms with Crippen LogP contribution in [-0.4, -0.2) is 30.9 Å². The monoisotopic (exact) mass is 312 g/mol. The van der Waals surface area contributed by atoms with Crippen molar-refractivity contribution in [3.8, 4) is 5.75 Å². The number of nitrogens with one attached hydrogen (secondary N) is 2. The van der Waals surface area contributed by atoms with E-state index in [2.05, 4.69) is 10.6 Å². The molecule has 0 spiro atoms. The van der Waals surface area contributed by atoms with Crippen LogP contribution in [0.3, 0.4) is 0 Å². The van der Waals surface area contributed by atoms with Gasteiger partial charge < -0.3 is 20.5 Å². The van der Waals surface area contributed by atoms with E-state index in [-0.39, 0.29) is 30.3 Å². The molecule has 0 saturated heterocycles. The summed E-state index contributed by atoms with van der Waals surface area (Å²) in [6.45, 7) is 6.89. The van der Waals surface area contributed by atoms with Crippen molar-refractivity contribution >= 4 is 6.03 Å². The van der Waals surface area contributed by atoms with E-state index in [1.165, 1.54) is 6.07 Å². The zero-order valence-corrected chi connectivity index (χ0v) is 13.4. The average molecular weight is 312 g/mol. The van der Waals surface area contributed by atoms with E-state index in [1.807, 2.05) is 13.8 Å². The highest BCUT2D eigenvalue weighted by molar-refractivity contribution is 5.73. The number of hydrogen-bond donors (Lipinski definition) is 3. The van der Waals surface area contributed by atoms with E-state index < -0.39 is 5.82 Å². The molecule has 0 fully saturated rings. The number of ether oxygens (including phenoxy) is 1. The number of urea groups is 1. The summed E-state index contributed by atoms with van der Waals surface area (Å²) in [4.78, 5) is 11.7. The Morgan fingerprint density at radius 3 is 2.68 bits per heavy atom. The van der Waals surface area contributed by atoms with Gasteiger partial charge in [0.2, 0.25) is 0 Å². The van der Waals surface area contributed by atoms with Crippen LogP contribution in [-0.2, 0) is 6.54 Å². The van der Waals surface area contributed by atoms with Crippen LogP contribution >= 0.6 is 0 Å². The third-order valence-corrected chi connectivity index (χ3v) is 3.27. The van der Waals surface area contributed by atoms with E-state index in [0.29, 0.717) is 25.1 Å². The van der Waals surface area contributed by atoms with Gasteiger partial charge in [-0.3, -0.25) is 0 Å². The lowest BCUT2D eigenvalue weighted by molar-refractivity contribution is 0.201. The third kappa shape index (κ3) is 6.30. The Labute approximate surface area is 130 Å². The van der Waals surface area contributed by atoms with Crippen molar-refractivity contribution in [2.45, 2.75) is 33.7 Å². The minimum absolute atomic E-state index is 0.0851. The Hall–Kier alpha value is -1.82. The summed E-state index contributed by atoms with van der Waals surface area (Å²) >= 11 is 0. The van der Waals surface area contributed by atoms with Crippen LogP contribution in [0, 0.1) is 11.2 Å². The maximum atomic E-state index is 13.7. The van der Waals surface area contributed by atoms with Crippen molar-refractivity contribution in [3.63, 3.8) is 0 Å². The SMILES string of the molecule is CCOc1ccc(CNC(=O)NCC(C)(C)CCO)cc1F. The number of aliphatic hydroxyl groups is 1. The number of halogens is 1. The van der Waals surface area contributed by atoms with Crippen molar-refractivity contribution in [3.05, 3.63) is 29.6 Å². The van der Waals surface area contributed by atoms with E-state index in [9.17, 15) is 9.18 Å². The number of hydrogen-bond acceptors (Lipinski definition) is 3. The molecule has 124 valence electrons. The highest BCUT2D eigenvalue weighted by atomic mass is 19.1. The predicted octanol–water partition coefficient (Wildman–Crippen LogP) is 2.43. The summed E-state index contributed by atoms with van der Waals surface area (Å²) < 4.78 is 18.8. The number of aliphatic hydroxyl groups excluding tert-OH is 1. The molecule has 22 heavy (non-hydrogen) atoms. The number of benzene rings is 1. The molecule has 0 aliphatic carbocycles. The molecule has 0 bridgehead atoms. The summed E-state index contributed by atoms with van der Waals surface area (Å²) in [5.74, 6) is -0.230. The van der Waals surface area contributed by atoms with Gasteiger partial charge in [-0.1, -0.05) is 19.9 Å². The minimum Gasteiger partial charge on any atom is -0.491 e. The van der Waals surface area contributed by atoms with Gasteiger partial charge in [-0.2, -0.15) is 0 Å². The van der Waals surface area contributed by atoms with Gasteiger partial charge in [0, 0.05) is 19.7 Å². The Balaban J connectivity index is 2.42. The Bertz CT molecular complexity index is 492. The van der Waals surface area contributed by atoms with Crippen LogP contribution in [0.5, 0.6) is 5.75 Å². The number of carbonyl (C=O) groups excluding carboxylic acids is 1. The maximum Gasteiger partial charge on any atom is 0.315 e. The van der Waals surface area contributed by atoms with Gasteiger partial charge in [-0.25, -0.2) is 9.18 Å². The van der Waals surface area contributed by atoms with Crippen LogP contribution in [0.25, 0.3) is 0 Å². The Morgan fingerprint density at radius 1 is 1.36 bits per heavy atom. The van der Waals surface area contributed by atoms with Crippen molar-refractivity contribution in [1.29, 1.82) is 0 Å². The zero-order chi connectivity index (χ0) is 16.6. The second-order valence-corrected chi connectivity index (χ2v) is 5.87. The van der Waals surface area contributed by atoms with Gasteiger partial charge >= 0.3 is 6.03 Å². The summed E-state index contributed by atoms with van der Waals surface area (Å²) in [5.41, 5.74) is 0.489. The largest absolute Gasteiger partial charge is 0.491 e. The van der Waals surface area contributed by atoms with Crippen LogP contribution in [0.15, 0.2) is 18.2 Å². The molecule has 2 amide bonds. The molecule has 5 nitrogen and oxygen atoms in total. The van der Waals surface area contributed by atoms with Crippen molar-refractivity contribution < 1.29 is 19.0 Å². The first kappa shape index (κ1) is 18.2. The van der Waals surface area contributed by atoms with Crippen molar-refractivity contribution in [2.75, 3.05) is 19.8 Å². The number of rotatable bonds is 8. The highest BCUT2D eigenvalue weighted by Gasteiger charge is 2.17. The van der Waals surface area contributed by atoms with Crippen LogP contribution in [0.4, 0.5) is 9.18 Å². The molecule has 1 rings (SSSR count). The summed E-state index contributed by atoms with van der Waals surface area (Å²) in [6.07, 6.45) is 0.609. The van der Waals surface area contributed by atoms with Gasteiger partial charge in [0.15, 0.2) is 11.6 Å². The highest BCUT2D eigenvalue weighted by Crippen LogP contribution is 2.19. The first-order valence-electron chi connectivity index (χ1n) is 7.42. The fourth-order valence-corrected chi connectivity index (χ4v) is 1.88. The quantitative estimate of drug-likeness (QED) is 0.690. The van der Waals surface area contributed by atoms with E-state index in [0.717, 1.165) is 0 Å². The van der Waals surface area contributed by atoms with Crippen LogP contribution < -0.4 is 15.4 Å². The molecule has 1 aromatic rings. The van der Waals surface area contributed by atoms with E-state index >= 15 is 0 Å². The second-order valence-electron chi connectivity index (χ2n) is 5.87. The minimum atomic E-state index is -0.439. The van der Waals surface area contributed by atoms with Gasteiger partial charge in [0.25, 0.3) is 0 Å². The van der Waals surface area contributed by atoms with Crippen molar-refractivity contribution in [1.82, 2.24) is 10.6 Å². The fraction of sp³-hybridized carbons (Fsp3) is 0.562. The topological polar surface area (TPSA) is 70.6 Å². The van der Waals surface area contributed by atoms with Gasteiger partial charge in [-0.05, 0) is 36.5 Å². The molecule has 0 atom stereocenters. The summed E-state index contributed by atoms with van der Waals surface area (Å²) in [7, 11) is 0. The summed E-state index contributed by atoms with van der Waals surface area (Å²) in [5, 5.41) is 14.3. The standard InChI is InChI=1S/C16H25FN2O3/c1-4-22-14-6-5-12(9-13(14)17)10-18-15(21)19-11-16(2,3)7-8-20/h5-6,9,20H,4,7-8,10-11H2,1-3H3,(H2,18,19,21). The molecule has 6 heteroatoms. The number of carbonyl (C=O) groups is 1. The van der Waals surface area contributed by atoms with E-state index in [4.69, 9.17) is 9.84 Å². The smallest absolute Gasteiger partial charge is 0.315 e. The van der Waals surface area contributed by atoms with Gasteiger partial charge in [-0.15, -0.1) is 0 Å². The Morgan fingerprint density at radius 2 is 2.09 bits per heavy atom. The molecule has 0 radical (unpaired) electrons. The second kappa shape index (κ2) is 8.58. The third-order valence-electron chi connectivity index (χ3n) is 3.27. The molecule has 0 aliphatic rings. The molecule has 1 aromatic carbocycles. The Kier molecular flexibility index (Phi) is 7.11. The molecule has 0 unspecified atom stereocenters. The van der Waals surface area contributed by atoms with Crippen LogP contribution in [0.2, 0.25) is 0 Å². The molecular formula is C16H25FN2O3. The molecule has 0 heterocycles. The van der Waals surface area contributed by atoms with E-state index in [1.54, 1.807) is 19.1 Å². The fourth-order valence-electron chi connectivity index (χ4n) is 1.88. The van der Waals surface area contributed by atoms with Crippen molar-refractivity contribution in [2.24, 2.45) is 5.41 Å². The lowest BCUT2D eigenvalue weighted by Crippen LogP contribution is -2.40. The summed E-state index contributed by atoms with van der Waals surface area (Å²) in [6, 6.07) is 4.30. The molecule has 0 aliphatic heterocycles. The number of amides is 2. The lowest BCUT2D eigenvalue weighted by atomic mass is 9.90. The normalized spacial score (nSPS) is 11.1. The maximum absolute atomic E-state index is 13.7. The first-order chi connectivity index (χ1) is 10.4.